The molecule has 0 bridgehead atoms. The molecule has 2 nitrogen and oxygen atoms in total. The molecule has 0 radical (unpaired) electrons. The van der Waals surface area contributed by atoms with E-state index in [0.717, 1.165) is 19.1 Å². The lowest BCUT2D eigenvalue weighted by molar-refractivity contribution is -0.361. The SMILES string of the molecule is CC(C)Oc1ccc(C(C)(O)CC(F)(F)C(F)(F)C(F)(F)F)cc1. The number of benzene rings is 1. The molecule has 0 aliphatic rings. The third-order valence-electron chi connectivity index (χ3n) is 3.23. The van der Waals surface area contributed by atoms with Gasteiger partial charge in [0.15, 0.2) is 0 Å². The molecule has 1 aromatic rings. The average molecular weight is 362 g/mol. The van der Waals surface area contributed by atoms with Crippen molar-refractivity contribution < 1.29 is 40.6 Å². The second-order valence-corrected chi connectivity index (χ2v) is 5.92. The summed E-state index contributed by atoms with van der Waals surface area (Å²) in [5, 5.41) is 10.0. The third-order valence-corrected chi connectivity index (χ3v) is 3.23. The van der Waals surface area contributed by atoms with Crippen LogP contribution in [-0.2, 0) is 5.60 Å². The van der Waals surface area contributed by atoms with E-state index in [9.17, 15) is 35.8 Å². The second-order valence-electron chi connectivity index (χ2n) is 5.92. The van der Waals surface area contributed by atoms with E-state index >= 15 is 0 Å². The summed E-state index contributed by atoms with van der Waals surface area (Å²) in [7, 11) is 0. The molecule has 0 saturated heterocycles. The van der Waals surface area contributed by atoms with Crippen LogP contribution >= 0.6 is 0 Å². The van der Waals surface area contributed by atoms with Gasteiger partial charge in [-0.05, 0) is 38.5 Å². The van der Waals surface area contributed by atoms with Crippen molar-refractivity contribution in [3.63, 3.8) is 0 Å². The minimum Gasteiger partial charge on any atom is -0.491 e. The van der Waals surface area contributed by atoms with Gasteiger partial charge in [0, 0.05) is 0 Å². The number of ether oxygens (including phenoxy) is 1. The Kier molecular flexibility index (Phi) is 5.49. The van der Waals surface area contributed by atoms with E-state index in [0.29, 0.717) is 5.75 Å². The topological polar surface area (TPSA) is 29.5 Å². The smallest absolute Gasteiger partial charge is 0.459 e. The van der Waals surface area contributed by atoms with Gasteiger partial charge in [-0.3, -0.25) is 0 Å². The van der Waals surface area contributed by atoms with Crippen molar-refractivity contribution in [3.05, 3.63) is 29.8 Å². The number of rotatable bonds is 6. The van der Waals surface area contributed by atoms with Crippen LogP contribution in [0.2, 0.25) is 0 Å². The third kappa shape index (κ3) is 4.31. The summed E-state index contributed by atoms with van der Waals surface area (Å²) in [6.07, 6.45) is -8.72. The molecule has 1 unspecified atom stereocenters. The summed E-state index contributed by atoms with van der Waals surface area (Å²) < 4.78 is 94.6. The van der Waals surface area contributed by atoms with Crippen LogP contribution < -0.4 is 4.74 Å². The maximum Gasteiger partial charge on any atom is 0.459 e. The fraction of sp³-hybridized carbons (Fsp3) is 0.600. The van der Waals surface area contributed by atoms with Crippen molar-refractivity contribution in [2.24, 2.45) is 0 Å². The number of hydrogen-bond donors (Lipinski definition) is 1. The Balaban J connectivity index is 3.04. The summed E-state index contributed by atoms with van der Waals surface area (Å²) in [5.74, 6) is -11.4. The standard InChI is InChI=1S/C15H17F7O2/c1-9(2)24-11-6-4-10(5-7-11)12(3,23)8-13(16,17)14(18,19)15(20,21)22/h4-7,9,23H,8H2,1-3H3. The second kappa shape index (κ2) is 6.42. The van der Waals surface area contributed by atoms with Crippen molar-refractivity contribution in [3.8, 4) is 5.75 Å². The van der Waals surface area contributed by atoms with Gasteiger partial charge in [0.05, 0.1) is 18.1 Å². The van der Waals surface area contributed by atoms with Crippen LogP contribution in [0.5, 0.6) is 5.75 Å². The Labute approximate surface area is 134 Å². The van der Waals surface area contributed by atoms with Gasteiger partial charge < -0.3 is 9.84 Å². The zero-order valence-corrected chi connectivity index (χ0v) is 13.1. The van der Waals surface area contributed by atoms with Crippen molar-refractivity contribution in [1.29, 1.82) is 0 Å². The molecule has 9 heteroatoms. The molecule has 0 heterocycles. The van der Waals surface area contributed by atoms with E-state index in [1.807, 2.05) is 0 Å². The first-order valence-corrected chi connectivity index (χ1v) is 6.92. The normalized spacial score (nSPS) is 16.2. The first-order chi connectivity index (χ1) is 10.6. The fourth-order valence-electron chi connectivity index (χ4n) is 2.02. The zero-order valence-electron chi connectivity index (χ0n) is 13.1. The van der Waals surface area contributed by atoms with Gasteiger partial charge >= 0.3 is 18.0 Å². The monoisotopic (exact) mass is 362 g/mol. The molecular formula is C15H17F7O2. The highest BCUT2D eigenvalue weighted by Crippen LogP contribution is 2.50. The van der Waals surface area contributed by atoms with Crippen LogP contribution in [0.15, 0.2) is 24.3 Å². The fourth-order valence-corrected chi connectivity index (χ4v) is 2.02. The quantitative estimate of drug-likeness (QED) is 0.729. The van der Waals surface area contributed by atoms with Crippen LogP contribution in [0.25, 0.3) is 0 Å². The lowest BCUT2D eigenvalue weighted by Crippen LogP contribution is -2.54. The molecule has 0 aliphatic heterocycles. The van der Waals surface area contributed by atoms with Crippen LogP contribution in [0.4, 0.5) is 30.7 Å². The van der Waals surface area contributed by atoms with Crippen LogP contribution in [0, 0.1) is 0 Å². The van der Waals surface area contributed by atoms with E-state index in [4.69, 9.17) is 4.74 Å². The van der Waals surface area contributed by atoms with Gasteiger partial charge in [0.1, 0.15) is 5.75 Å². The number of aliphatic hydroxyl groups is 1. The zero-order chi connectivity index (χ0) is 19.0. The van der Waals surface area contributed by atoms with Crippen molar-refractivity contribution >= 4 is 0 Å². The summed E-state index contributed by atoms with van der Waals surface area (Å²) >= 11 is 0. The minimum atomic E-state index is -6.43. The molecule has 0 saturated carbocycles. The van der Waals surface area contributed by atoms with E-state index in [2.05, 4.69) is 0 Å². The molecule has 1 atom stereocenters. The summed E-state index contributed by atoms with van der Waals surface area (Å²) in [6, 6.07) is 4.84. The highest BCUT2D eigenvalue weighted by atomic mass is 19.4. The predicted molar refractivity (Wildman–Crippen MR) is 72.3 cm³/mol. The number of hydrogen-bond acceptors (Lipinski definition) is 2. The molecule has 1 aromatic carbocycles. The van der Waals surface area contributed by atoms with E-state index in [-0.39, 0.29) is 11.7 Å². The average Bonchev–Trinajstić information content (AvgIpc) is 2.35. The van der Waals surface area contributed by atoms with Gasteiger partial charge in [-0.25, -0.2) is 0 Å². The molecule has 1 N–H and O–H groups in total. The van der Waals surface area contributed by atoms with Gasteiger partial charge in [-0.15, -0.1) is 0 Å². The van der Waals surface area contributed by atoms with E-state index < -0.39 is 30.0 Å². The van der Waals surface area contributed by atoms with Crippen LogP contribution in [-0.4, -0.2) is 29.2 Å². The van der Waals surface area contributed by atoms with Crippen LogP contribution in [0.3, 0.4) is 0 Å². The Morgan fingerprint density at radius 2 is 1.42 bits per heavy atom. The van der Waals surface area contributed by atoms with Crippen molar-refractivity contribution in [1.82, 2.24) is 0 Å². The Bertz CT molecular complexity index is 548. The van der Waals surface area contributed by atoms with E-state index in [1.54, 1.807) is 13.8 Å². The lowest BCUT2D eigenvalue weighted by atomic mass is 9.87. The number of alkyl halides is 7. The van der Waals surface area contributed by atoms with Crippen molar-refractivity contribution in [2.45, 2.75) is 56.9 Å². The van der Waals surface area contributed by atoms with Gasteiger partial charge in [-0.2, -0.15) is 30.7 Å². The molecule has 0 aromatic heterocycles. The van der Waals surface area contributed by atoms with Crippen molar-refractivity contribution in [2.75, 3.05) is 0 Å². The van der Waals surface area contributed by atoms with E-state index in [1.165, 1.54) is 12.1 Å². The molecule has 0 fully saturated rings. The number of halogens is 7. The molecule has 0 amide bonds. The lowest BCUT2D eigenvalue weighted by Gasteiger charge is -2.34. The Hall–Kier alpha value is -1.51. The molecule has 0 aliphatic carbocycles. The molecule has 0 spiro atoms. The summed E-state index contributed by atoms with van der Waals surface area (Å²) in [6.45, 7) is 4.19. The first kappa shape index (κ1) is 20.5. The Morgan fingerprint density at radius 3 is 1.79 bits per heavy atom. The van der Waals surface area contributed by atoms with Crippen LogP contribution in [0.1, 0.15) is 32.8 Å². The summed E-state index contributed by atoms with van der Waals surface area (Å²) in [5.41, 5.74) is -2.84. The predicted octanol–water partition coefficient (Wildman–Crippen LogP) is 4.90. The maximum absolute atomic E-state index is 13.5. The first-order valence-electron chi connectivity index (χ1n) is 6.92. The largest absolute Gasteiger partial charge is 0.491 e. The Morgan fingerprint density at radius 1 is 0.958 bits per heavy atom. The maximum atomic E-state index is 13.5. The summed E-state index contributed by atoms with van der Waals surface area (Å²) in [4.78, 5) is 0. The van der Waals surface area contributed by atoms with Gasteiger partial charge in [0.2, 0.25) is 0 Å². The molecule has 138 valence electrons. The van der Waals surface area contributed by atoms with Gasteiger partial charge in [0.25, 0.3) is 0 Å². The molecule has 1 rings (SSSR count). The van der Waals surface area contributed by atoms with Gasteiger partial charge in [-0.1, -0.05) is 12.1 Å². The molecule has 24 heavy (non-hydrogen) atoms. The molecular weight excluding hydrogens is 345 g/mol. The minimum absolute atomic E-state index is 0.189. The highest BCUT2D eigenvalue weighted by molar-refractivity contribution is 5.31. The highest BCUT2D eigenvalue weighted by Gasteiger charge is 2.73.